The fourth-order valence-corrected chi connectivity index (χ4v) is 3.66. The van der Waals surface area contributed by atoms with Gasteiger partial charge in [-0.2, -0.15) is 0 Å². The van der Waals surface area contributed by atoms with Crippen LogP contribution in [0.2, 0.25) is 0 Å². The highest BCUT2D eigenvalue weighted by molar-refractivity contribution is 5.73. The van der Waals surface area contributed by atoms with Crippen LogP contribution in [-0.2, 0) is 20.9 Å². The number of hydrogen-bond donors (Lipinski definition) is 1. The zero-order valence-corrected chi connectivity index (χ0v) is 12.3. The quantitative estimate of drug-likeness (QED) is 0.862. The Balaban J connectivity index is 1.57. The number of ether oxygens (including phenoxy) is 2. The summed E-state index contributed by atoms with van der Waals surface area (Å²) in [7, 11) is 0. The maximum absolute atomic E-state index is 11.6. The second-order valence-corrected chi connectivity index (χ2v) is 6.21. The number of benzene rings is 1. The Bertz CT molecular complexity index is 487. The molecule has 1 N–H and O–H groups in total. The topological polar surface area (TPSA) is 55.8 Å². The Morgan fingerprint density at radius 2 is 2.05 bits per heavy atom. The normalized spacial score (nSPS) is 35.3. The van der Waals surface area contributed by atoms with E-state index in [-0.39, 0.29) is 29.6 Å². The van der Waals surface area contributed by atoms with Crippen LogP contribution in [-0.4, -0.2) is 30.4 Å². The minimum absolute atomic E-state index is 0.0641. The molecule has 5 atom stereocenters. The van der Waals surface area contributed by atoms with E-state index in [1.54, 1.807) is 0 Å². The first-order valence-corrected chi connectivity index (χ1v) is 7.63. The third kappa shape index (κ3) is 2.97. The van der Waals surface area contributed by atoms with Crippen molar-refractivity contribution < 1.29 is 19.4 Å². The molecule has 2 fully saturated rings. The minimum atomic E-state index is -0.396. The molecule has 0 aromatic heterocycles. The van der Waals surface area contributed by atoms with Crippen LogP contribution in [0.1, 0.15) is 18.9 Å². The highest BCUT2D eigenvalue weighted by atomic mass is 16.5. The van der Waals surface area contributed by atoms with E-state index in [2.05, 4.69) is 0 Å². The van der Waals surface area contributed by atoms with Crippen molar-refractivity contribution in [2.45, 2.75) is 26.1 Å². The number of carbonyl (C=O) groups excluding carboxylic acids is 1. The first-order chi connectivity index (χ1) is 10.2. The van der Waals surface area contributed by atoms with Crippen LogP contribution in [0.4, 0.5) is 0 Å². The average Bonchev–Trinajstić information content (AvgIpc) is 2.81. The van der Waals surface area contributed by atoms with Crippen molar-refractivity contribution in [1.29, 1.82) is 0 Å². The first-order valence-electron chi connectivity index (χ1n) is 7.63. The van der Waals surface area contributed by atoms with Gasteiger partial charge in [0.05, 0.1) is 31.8 Å². The fourth-order valence-electron chi connectivity index (χ4n) is 3.66. The van der Waals surface area contributed by atoms with Crippen molar-refractivity contribution in [3.63, 3.8) is 0 Å². The lowest BCUT2D eigenvalue weighted by Gasteiger charge is -2.32. The number of fused-ring (bicyclic) bond motifs is 1. The predicted molar refractivity (Wildman–Crippen MR) is 77.3 cm³/mol. The molecule has 1 aromatic rings. The van der Waals surface area contributed by atoms with Crippen molar-refractivity contribution in [3.05, 3.63) is 35.9 Å². The molecule has 1 aliphatic heterocycles. The van der Waals surface area contributed by atoms with Crippen LogP contribution in [0.3, 0.4) is 0 Å². The van der Waals surface area contributed by atoms with E-state index in [0.717, 1.165) is 5.56 Å². The van der Waals surface area contributed by atoms with Crippen LogP contribution < -0.4 is 0 Å². The van der Waals surface area contributed by atoms with Gasteiger partial charge in [-0.15, -0.1) is 0 Å². The summed E-state index contributed by atoms with van der Waals surface area (Å²) in [6.45, 7) is 3.39. The van der Waals surface area contributed by atoms with Crippen molar-refractivity contribution >= 4 is 5.97 Å². The number of rotatable bonds is 4. The van der Waals surface area contributed by atoms with E-state index in [1.807, 2.05) is 37.3 Å². The summed E-state index contributed by atoms with van der Waals surface area (Å²) >= 11 is 0. The van der Waals surface area contributed by atoms with Gasteiger partial charge in [-0.25, -0.2) is 0 Å². The van der Waals surface area contributed by atoms with Gasteiger partial charge < -0.3 is 14.6 Å². The third-order valence-corrected chi connectivity index (χ3v) is 4.96. The van der Waals surface area contributed by atoms with Crippen molar-refractivity contribution in [2.75, 3.05) is 13.2 Å². The smallest absolute Gasteiger partial charge is 0.308 e. The Labute approximate surface area is 125 Å². The van der Waals surface area contributed by atoms with Crippen LogP contribution >= 0.6 is 0 Å². The maximum atomic E-state index is 11.6. The molecular formula is C17H22O4. The molecule has 3 rings (SSSR count). The lowest BCUT2D eigenvalue weighted by Crippen LogP contribution is -2.38. The highest BCUT2D eigenvalue weighted by Crippen LogP contribution is 2.44. The molecule has 1 aromatic carbocycles. The molecule has 0 amide bonds. The molecule has 1 saturated carbocycles. The highest BCUT2D eigenvalue weighted by Gasteiger charge is 2.49. The Kier molecular flexibility index (Phi) is 4.27. The Morgan fingerprint density at radius 1 is 1.29 bits per heavy atom. The molecule has 0 bridgehead atoms. The predicted octanol–water partition coefficient (Wildman–Crippen LogP) is 2.01. The van der Waals surface area contributed by atoms with Crippen molar-refractivity contribution in [3.8, 4) is 0 Å². The monoisotopic (exact) mass is 290 g/mol. The molecule has 1 heterocycles. The summed E-state index contributed by atoms with van der Waals surface area (Å²) in [5.74, 6) is 0.274. The SMILES string of the molecule is C[C@H]1C(=O)OC[C@@H]2[C@@H](COCc3ccccc3)[C@@H](O)C[C@@H]21. The number of aliphatic hydroxyl groups is 1. The molecule has 1 saturated heterocycles. The van der Waals surface area contributed by atoms with E-state index in [9.17, 15) is 9.90 Å². The molecule has 0 spiro atoms. The summed E-state index contributed by atoms with van der Waals surface area (Å²) in [6, 6.07) is 10.0. The van der Waals surface area contributed by atoms with Gasteiger partial charge >= 0.3 is 5.97 Å². The second-order valence-electron chi connectivity index (χ2n) is 6.21. The van der Waals surface area contributed by atoms with Gasteiger partial charge in [0, 0.05) is 11.8 Å². The van der Waals surface area contributed by atoms with Gasteiger partial charge in [0.25, 0.3) is 0 Å². The van der Waals surface area contributed by atoms with Gasteiger partial charge in [0.1, 0.15) is 0 Å². The molecular weight excluding hydrogens is 268 g/mol. The zero-order valence-electron chi connectivity index (χ0n) is 12.3. The summed E-state index contributed by atoms with van der Waals surface area (Å²) in [5.41, 5.74) is 1.13. The number of esters is 1. The first kappa shape index (κ1) is 14.5. The third-order valence-electron chi connectivity index (χ3n) is 4.96. The number of aliphatic hydroxyl groups excluding tert-OH is 1. The van der Waals surface area contributed by atoms with Crippen molar-refractivity contribution in [2.24, 2.45) is 23.7 Å². The summed E-state index contributed by atoms with van der Waals surface area (Å²) < 4.78 is 11.0. The Hall–Kier alpha value is -1.39. The fraction of sp³-hybridized carbons (Fsp3) is 0.588. The second kappa shape index (κ2) is 6.16. The molecule has 4 heteroatoms. The van der Waals surface area contributed by atoms with E-state index in [4.69, 9.17) is 9.47 Å². The molecule has 1 aliphatic carbocycles. The standard InChI is InChI=1S/C17H22O4/c1-11-13-7-16(18)15(14(13)10-21-17(11)19)9-20-8-12-5-3-2-4-6-12/h2-6,11,13-16,18H,7-10H2,1H3/t11-,13-,14+,15-,16+/m1/s1. The lowest BCUT2D eigenvalue weighted by atomic mass is 9.80. The van der Waals surface area contributed by atoms with Gasteiger partial charge in [0.2, 0.25) is 0 Å². The van der Waals surface area contributed by atoms with Crippen LogP contribution in [0.25, 0.3) is 0 Å². The van der Waals surface area contributed by atoms with Crippen LogP contribution in [0.5, 0.6) is 0 Å². The van der Waals surface area contributed by atoms with E-state index < -0.39 is 6.10 Å². The van der Waals surface area contributed by atoms with Crippen LogP contribution in [0, 0.1) is 23.7 Å². The summed E-state index contributed by atoms with van der Waals surface area (Å²) in [5, 5.41) is 10.3. The van der Waals surface area contributed by atoms with Crippen molar-refractivity contribution in [1.82, 2.24) is 0 Å². The molecule has 4 nitrogen and oxygen atoms in total. The van der Waals surface area contributed by atoms with Gasteiger partial charge in [-0.05, 0) is 17.9 Å². The molecule has 21 heavy (non-hydrogen) atoms. The molecule has 2 aliphatic rings. The number of cyclic esters (lactones) is 1. The number of carbonyl (C=O) groups is 1. The number of hydrogen-bond acceptors (Lipinski definition) is 4. The minimum Gasteiger partial charge on any atom is -0.465 e. The van der Waals surface area contributed by atoms with Gasteiger partial charge in [0.15, 0.2) is 0 Å². The zero-order chi connectivity index (χ0) is 14.8. The average molecular weight is 290 g/mol. The van der Waals surface area contributed by atoms with Gasteiger partial charge in [-0.3, -0.25) is 4.79 Å². The van der Waals surface area contributed by atoms with Crippen LogP contribution in [0.15, 0.2) is 30.3 Å². The van der Waals surface area contributed by atoms with Gasteiger partial charge in [-0.1, -0.05) is 37.3 Å². The van der Waals surface area contributed by atoms with E-state index in [0.29, 0.717) is 26.2 Å². The molecule has 0 unspecified atom stereocenters. The summed E-state index contributed by atoms with van der Waals surface area (Å²) in [4.78, 5) is 11.6. The summed E-state index contributed by atoms with van der Waals surface area (Å²) in [6.07, 6.45) is 0.285. The lowest BCUT2D eigenvalue weighted by molar-refractivity contribution is -0.160. The van der Waals surface area contributed by atoms with E-state index in [1.165, 1.54) is 0 Å². The largest absolute Gasteiger partial charge is 0.465 e. The molecule has 0 radical (unpaired) electrons. The Morgan fingerprint density at radius 3 is 2.81 bits per heavy atom. The van der Waals surface area contributed by atoms with E-state index >= 15 is 0 Å². The molecule has 114 valence electrons. The maximum Gasteiger partial charge on any atom is 0.308 e.